The number of nitro groups is 1. The van der Waals surface area contributed by atoms with E-state index >= 15 is 0 Å². The number of hydrogen-bond acceptors (Lipinski definition) is 7. The second-order valence-corrected chi connectivity index (χ2v) is 7.64. The Morgan fingerprint density at radius 1 is 1.00 bits per heavy atom. The molecule has 0 radical (unpaired) electrons. The summed E-state index contributed by atoms with van der Waals surface area (Å²) in [4.78, 5) is 25.4. The summed E-state index contributed by atoms with van der Waals surface area (Å²) in [5.41, 5.74) is -0.655. The lowest BCUT2D eigenvalue weighted by Gasteiger charge is -2.15. The van der Waals surface area contributed by atoms with Gasteiger partial charge in [-0.2, -0.15) is 4.83 Å². The average Bonchev–Trinajstić information content (AvgIpc) is 2.73. The fourth-order valence-electron chi connectivity index (χ4n) is 2.89. The van der Waals surface area contributed by atoms with Crippen LogP contribution in [0, 0.1) is 10.1 Å². The van der Waals surface area contributed by atoms with E-state index in [-0.39, 0.29) is 22.4 Å². The third kappa shape index (κ3) is 3.85. The molecule has 0 amide bonds. The van der Waals surface area contributed by atoms with Crippen LogP contribution in [0.4, 0.5) is 5.69 Å². The molecule has 0 aliphatic heterocycles. The molecule has 0 aliphatic rings. The monoisotopic (exact) mass is 413 g/mol. The van der Waals surface area contributed by atoms with Crippen molar-refractivity contribution in [3.05, 3.63) is 88.0 Å². The molecule has 0 spiro atoms. The first-order chi connectivity index (χ1) is 13.8. The number of carbonyl (C=O) groups excluding carboxylic acids is 1. The Bertz CT molecular complexity index is 1190. The Morgan fingerprint density at radius 3 is 2.17 bits per heavy atom. The largest absolute Gasteiger partial charge is 0.508 e. The lowest BCUT2D eigenvalue weighted by molar-refractivity contribution is -0.384. The van der Waals surface area contributed by atoms with Crippen molar-refractivity contribution < 1.29 is 23.2 Å². The van der Waals surface area contributed by atoms with Crippen LogP contribution in [0.5, 0.6) is 5.75 Å². The predicted octanol–water partition coefficient (Wildman–Crippen LogP) is 2.35. The van der Waals surface area contributed by atoms with Crippen molar-refractivity contribution in [1.29, 1.82) is 0 Å². The maximum atomic E-state index is 13.3. The number of hydrogen-bond donors (Lipinski definition) is 3. The molecule has 148 valence electrons. The predicted molar refractivity (Wildman–Crippen MR) is 105 cm³/mol. The first kappa shape index (κ1) is 20.1. The number of nitrogens with two attached hydrogens (primary N) is 1. The van der Waals surface area contributed by atoms with E-state index in [4.69, 9.17) is 5.84 Å². The smallest absolute Gasteiger partial charge is 0.278 e. The average molecular weight is 413 g/mol. The number of phenols is 1. The molecule has 0 saturated carbocycles. The summed E-state index contributed by atoms with van der Waals surface area (Å²) in [7, 11) is -4.33. The van der Waals surface area contributed by atoms with Crippen LogP contribution in [0.2, 0.25) is 0 Å². The van der Waals surface area contributed by atoms with Gasteiger partial charge in [0, 0.05) is 11.6 Å². The fraction of sp³-hybridized carbons (Fsp3) is 0. The summed E-state index contributed by atoms with van der Waals surface area (Å²) in [6, 6.07) is 15.0. The van der Waals surface area contributed by atoms with Gasteiger partial charge in [-0.1, -0.05) is 30.3 Å². The zero-order valence-electron chi connectivity index (χ0n) is 14.8. The lowest BCUT2D eigenvalue weighted by atomic mass is 9.92. The number of phenolic OH excluding ortho intramolecular Hbond substituents is 1. The van der Waals surface area contributed by atoms with Gasteiger partial charge in [0.1, 0.15) is 5.75 Å². The third-order valence-electron chi connectivity index (χ3n) is 4.21. The highest BCUT2D eigenvalue weighted by Gasteiger charge is 2.31. The number of nitrogens with one attached hydrogen (secondary N) is 1. The first-order valence-corrected chi connectivity index (χ1v) is 9.67. The zero-order valence-corrected chi connectivity index (χ0v) is 15.6. The summed E-state index contributed by atoms with van der Waals surface area (Å²) < 4.78 is 25.0. The fourth-order valence-corrected chi connectivity index (χ4v) is 3.73. The summed E-state index contributed by atoms with van der Waals surface area (Å²) in [5.74, 6) is 4.26. The topological polar surface area (TPSA) is 153 Å². The van der Waals surface area contributed by atoms with E-state index in [1.165, 1.54) is 36.4 Å². The van der Waals surface area contributed by atoms with Crippen LogP contribution in [-0.4, -0.2) is 24.2 Å². The van der Waals surface area contributed by atoms with E-state index in [2.05, 4.69) is 0 Å². The molecule has 3 rings (SSSR count). The lowest BCUT2D eigenvalue weighted by Crippen LogP contribution is -2.31. The summed E-state index contributed by atoms with van der Waals surface area (Å²) in [6.07, 6.45) is 0. The summed E-state index contributed by atoms with van der Waals surface area (Å²) in [6.45, 7) is 0. The molecule has 0 aromatic heterocycles. The molecule has 29 heavy (non-hydrogen) atoms. The van der Waals surface area contributed by atoms with E-state index in [9.17, 15) is 28.4 Å². The Labute approximate surface area is 165 Å². The quantitative estimate of drug-likeness (QED) is 0.243. The van der Waals surface area contributed by atoms with Crippen molar-refractivity contribution >= 4 is 21.5 Å². The molecular weight excluding hydrogens is 398 g/mol. The molecule has 10 heteroatoms. The Hall–Kier alpha value is -3.60. The van der Waals surface area contributed by atoms with Crippen molar-refractivity contribution in [2.24, 2.45) is 5.84 Å². The molecule has 3 aromatic carbocycles. The number of benzene rings is 3. The van der Waals surface area contributed by atoms with Gasteiger partial charge in [-0.05, 0) is 35.9 Å². The molecule has 0 aliphatic carbocycles. The van der Waals surface area contributed by atoms with Gasteiger partial charge in [0.25, 0.3) is 15.7 Å². The van der Waals surface area contributed by atoms with Crippen LogP contribution in [0.1, 0.15) is 15.9 Å². The molecule has 9 nitrogen and oxygen atoms in total. The minimum absolute atomic E-state index is 0.0361. The summed E-state index contributed by atoms with van der Waals surface area (Å²) >= 11 is 0. The molecular formula is C19H15N3O6S. The number of ketones is 1. The summed E-state index contributed by atoms with van der Waals surface area (Å²) in [5, 5.41) is 21.1. The highest BCUT2D eigenvalue weighted by Crippen LogP contribution is 2.38. The van der Waals surface area contributed by atoms with Crippen molar-refractivity contribution in [3.63, 3.8) is 0 Å². The van der Waals surface area contributed by atoms with Gasteiger partial charge in [-0.3, -0.25) is 20.8 Å². The van der Waals surface area contributed by atoms with Crippen LogP contribution < -0.4 is 10.7 Å². The van der Waals surface area contributed by atoms with Crippen LogP contribution in [0.3, 0.4) is 0 Å². The SMILES string of the molecule is NNS(=O)(=O)c1ccc([N+](=O)[O-])c(-c2ccccc2)c1C(=O)c1ccc(O)cc1. The second-order valence-electron chi connectivity index (χ2n) is 5.95. The highest BCUT2D eigenvalue weighted by atomic mass is 32.2. The normalized spacial score (nSPS) is 11.2. The Kier molecular flexibility index (Phi) is 5.41. The van der Waals surface area contributed by atoms with E-state index < -0.39 is 36.9 Å². The Balaban J connectivity index is 2.44. The van der Waals surface area contributed by atoms with Gasteiger partial charge >= 0.3 is 0 Å². The van der Waals surface area contributed by atoms with Crippen LogP contribution in [-0.2, 0) is 10.0 Å². The molecule has 0 atom stereocenters. The molecule has 0 heterocycles. The Morgan fingerprint density at radius 2 is 1.62 bits per heavy atom. The van der Waals surface area contributed by atoms with Crippen LogP contribution in [0.15, 0.2) is 71.6 Å². The van der Waals surface area contributed by atoms with E-state index in [0.717, 1.165) is 12.1 Å². The minimum atomic E-state index is -4.33. The third-order valence-corrected chi connectivity index (χ3v) is 5.44. The number of nitro benzene ring substituents is 1. The second kappa shape index (κ2) is 7.80. The van der Waals surface area contributed by atoms with Gasteiger partial charge in [-0.15, -0.1) is 0 Å². The number of nitrogens with zero attached hydrogens (tertiary/aromatic N) is 1. The molecule has 0 fully saturated rings. The molecule has 0 saturated heterocycles. The van der Waals surface area contributed by atoms with Gasteiger partial charge in [0.2, 0.25) is 0 Å². The number of carbonyl (C=O) groups is 1. The van der Waals surface area contributed by atoms with E-state index in [1.54, 1.807) is 23.0 Å². The maximum absolute atomic E-state index is 13.3. The number of rotatable bonds is 6. The van der Waals surface area contributed by atoms with Crippen molar-refractivity contribution in [2.45, 2.75) is 4.90 Å². The van der Waals surface area contributed by atoms with Crippen molar-refractivity contribution in [1.82, 2.24) is 4.83 Å². The van der Waals surface area contributed by atoms with Gasteiger partial charge in [0.15, 0.2) is 5.78 Å². The number of aromatic hydroxyl groups is 1. The molecule has 4 N–H and O–H groups in total. The maximum Gasteiger partial charge on any atom is 0.278 e. The number of hydrazine groups is 1. The minimum Gasteiger partial charge on any atom is -0.508 e. The first-order valence-electron chi connectivity index (χ1n) is 8.19. The highest BCUT2D eigenvalue weighted by molar-refractivity contribution is 7.89. The number of sulfonamides is 1. The van der Waals surface area contributed by atoms with Crippen molar-refractivity contribution in [2.75, 3.05) is 0 Å². The zero-order chi connectivity index (χ0) is 21.2. The van der Waals surface area contributed by atoms with Gasteiger partial charge < -0.3 is 5.11 Å². The van der Waals surface area contributed by atoms with E-state index in [1.807, 2.05) is 0 Å². The standard InChI is InChI=1S/C19H15N3O6S/c20-21-29(27,28)16-11-10-15(22(25)26)17(12-4-2-1-3-5-12)18(16)19(24)13-6-8-14(23)9-7-13/h1-11,21,23H,20H2. The van der Waals surface area contributed by atoms with Crippen LogP contribution in [0.25, 0.3) is 11.1 Å². The van der Waals surface area contributed by atoms with Gasteiger partial charge in [0.05, 0.1) is 20.9 Å². The molecule has 0 bridgehead atoms. The molecule has 3 aromatic rings. The molecule has 0 unspecified atom stereocenters. The van der Waals surface area contributed by atoms with E-state index in [0.29, 0.717) is 0 Å². The van der Waals surface area contributed by atoms with Crippen molar-refractivity contribution in [3.8, 4) is 16.9 Å². The van der Waals surface area contributed by atoms with Crippen LogP contribution >= 0.6 is 0 Å². The van der Waals surface area contributed by atoms with Gasteiger partial charge in [-0.25, -0.2) is 8.42 Å².